The van der Waals surface area contributed by atoms with Crippen molar-refractivity contribution in [3.05, 3.63) is 164 Å². The highest BCUT2D eigenvalue weighted by Crippen LogP contribution is 2.51. The number of carboxylic acids is 1. The molecule has 45 nitrogen and oxygen atoms in total. The van der Waals surface area contributed by atoms with Gasteiger partial charge in [0.15, 0.2) is 35.3 Å². The molecule has 141 heavy (non-hydrogen) atoms. The van der Waals surface area contributed by atoms with Gasteiger partial charge in [-0.25, -0.2) is 4.79 Å². The first-order chi connectivity index (χ1) is 67.2. The van der Waals surface area contributed by atoms with Crippen molar-refractivity contribution in [2.45, 2.75) is 231 Å². The standard InChI is InChI=1S/C94H109Cl2N11O34/c1-37(2)10-6-4-5-7-12-65(116)101-73-79(121)76(118)63(35-109)138-93(73)141-83-60-29-44-30-61(83)135-57-20-16-42(27-51(57)96)82(140-92-72(99-38(3)111)78(120)75(117)62(34-108)137-92)74-90(130)106-71(91(131)132)49-32-46(113)33-59(136-94-81(123)80(122)77(119)64(36-110)139-94)66(49)48-26-40(14-17-54(48)114)67(87(127)107-74)104-89(129)70(44)105-88(128)69-43-24-45(112)31-47(25-43)133-58-28-41(15-18-55(58)115)68(102-84(124)52(98)11-8-9-21-97)86(126)100-53(85(125)103-69)23-39-13-19-56(134-60)50(95)22-39/h13-20,22,24-33,37,52-53,62-64,67-82,92-94,108-110,112-115,117-123H,4-12,21,23,34-36,97-98H2,1-3H3,(H,99,111)(H,100,126)(H,101,116)(H,102,124)(H,103,125)(H,104,129)(H,105,128)(H,106,130)(H,107,127)(H,131,132)/t52-,53-,62-,63-,64-,67-,68+,69+,70-,71+,72-,73-,74+,75-,76-,77-,78-,79-,80+,81+,82-,92+,93+,94+/m1/s1. The molecule has 7 aromatic carbocycles. The number of unbranched alkanes of at least 4 members (excludes halogenated alkanes) is 4. The SMILES string of the molecule is CC(=O)N[C@H]1[C@H](O[C@@H]2c3ccc(c(Cl)c3)Oc3cc4cc(c3O[C@@H]3O[C@H](CO)[C@@H](O)[C@H](O)[C@H]3NC(=O)CCCCCCC(C)C)Oc3ccc(cc3Cl)C[C@H]3NC(=O)[C@@H](NC(=O)[C@H](N)CCCCN)c5ccc(O)c(c5)Oc5cc(O)cc(c5)[C@H](NC3=O)C(=O)N[C@H]4C(=O)N[C@H]3C(=O)N[C@@H]2C(=O)N[C@H](C(=O)O)c2cc(O)cc(O[C@H]4O[C@H](CO)[C@@H](O)[C@H](O)[C@@H]4O)c2-c2cc3ccc2O)O[C@H](CO)[C@@H](O)[C@@H]1O. The van der Waals surface area contributed by atoms with Crippen LogP contribution in [0.4, 0.5) is 0 Å². The zero-order valence-electron chi connectivity index (χ0n) is 75.7. The molecular weight excluding hydrogens is 1900 g/mol. The summed E-state index contributed by atoms with van der Waals surface area (Å²) in [6.45, 7) is 2.16. The second-order valence-corrected chi connectivity index (χ2v) is 36.4. The predicted octanol–water partition coefficient (Wildman–Crippen LogP) is 0.633. The summed E-state index contributed by atoms with van der Waals surface area (Å²) in [5, 5.41) is 194. The van der Waals surface area contributed by atoms with Crippen molar-refractivity contribution >= 4 is 82.3 Å². The Morgan fingerprint density at radius 3 is 1.69 bits per heavy atom. The molecule has 0 spiro atoms. The van der Waals surface area contributed by atoms with Crippen molar-refractivity contribution in [2.24, 2.45) is 17.4 Å². The highest BCUT2D eigenvalue weighted by Gasteiger charge is 2.53. The smallest absolute Gasteiger partial charge is 0.330 e. The van der Waals surface area contributed by atoms with E-state index in [-0.39, 0.29) is 41.3 Å². The fraction of sp³-hybridized carbons (Fsp3) is 0.447. The molecule has 16 rings (SSSR count). The number of fused-ring (bicyclic) bond motifs is 14. The van der Waals surface area contributed by atoms with Crippen molar-refractivity contribution in [1.82, 2.24) is 47.9 Å². The Bertz CT molecular complexity index is 5850. The number of aliphatic hydroxyl groups excluding tert-OH is 10. The van der Waals surface area contributed by atoms with E-state index in [0.29, 0.717) is 31.6 Å². The number of nitrogens with two attached hydrogens (primary N) is 2. The van der Waals surface area contributed by atoms with E-state index in [0.717, 1.165) is 117 Å². The quantitative estimate of drug-likeness (QED) is 0.0349. The van der Waals surface area contributed by atoms with Crippen LogP contribution in [0.1, 0.15) is 154 Å². The van der Waals surface area contributed by atoms with Gasteiger partial charge in [-0.3, -0.25) is 43.2 Å². The molecule has 0 saturated carbocycles. The number of carbonyl (C=O) groups is 10. The third-order valence-corrected chi connectivity index (χ3v) is 25.5. The van der Waals surface area contributed by atoms with E-state index in [1.165, 1.54) is 24.3 Å². The Kier molecular flexibility index (Phi) is 33.3. The first-order valence-corrected chi connectivity index (χ1v) is 46.1. The van der Waals surface area contributed by atoms with E-state index < -0.39 is 339 Å². The van der Waals surface area contributed by atoms with Crippen molar-refractivity contribution in [3.8, 4) is 80.1 Å². The van der Waals surface area contributed by atoms with Crippen molar-refractivity contribution < 1.29 is 167 Å². The molecule has 3 fully saturated rings. The van der Waals surface area contributed by atoms with Gasteiger partial charge in [0.25, 0.3) is 0 Å². The van der Waals surface area contributed by atoms with Gasteiger partial charge in [0, 0.05) is 48.6 Å². The number of aromatic hydroxyl groups is 4. The van der Waals surface area contributed by atoms with E-state index in [1.54, 1.807) is 0 Å². The van der Waals surface area contributed by atoms with Crippen molar-refractivity contribution in [2.75, 3.05) is 26.4 Å². The van der Waals surface area contributed by atoms with E-state index in [1.807, 2.05) is 0 Å². The van der Waals surface area contributed by atoms with Gasteiger partial charge in [0.05, 0.1) is 35.9 Å². The van der Waals surface area contributed by atoms with Crippen LogP contribution >= 0.6 is 23.2 Å². The number of aliphatic hydroxyl groups is 10. The predicted molar refractivity (Wildman–Crippen MR) is 488 cm³/mol. The summed E-state index contributed by atoms with van der Waals surface area (Å²) in [5.41, 5.74) is 8.03. The molecule has 0 aromatic heterocycles. The minimum atomic E-state index is -2.62. The van der Waals surface area contributed by atoms with Crippen LogP contribution in [-0.2, 0) is 73.3 Å². The van der Waals surface area contributed by atoms with Gasteiger partial charge >= 0.3 is 5.97 Å². The Balaban J connectivity index is 1.03. The maximum Gasteiger partial charge on any atom is 0.330 e. The Morgan fingerprint density at radius 2 is 1.06 bits per heavy atom. The number of benzene rings is 7. The molecule has 9 amide bonds. The lowest BCUT2D eigenvalue weighted by Crippen LogP contribution is -2.65. The molecule has 47 heteroatoms. The van der Waals surface area contributed by atoms with Gasteiger partial charge in [-0.2, -0.15) is 0 Å². The third-order valence-electron chi connectivity index (χ3n) is 24.9. The summed E-state index contributed by atoms with van der Waals surface area (Å²) >= 11 is 14.8. The molecule has 9 aliphatic rings. The van der Waals surface area contributed by atoms with Crippen molar-refractivity contribution in [3.63, 3.8) is 0 Å². The van der Waals surface area contributed by atoms with Gasteiger partial charge < -0.3 is 179 Å². The second-order valence-electron chi connectivity index (χ2n) is 35.5. The van der Waals surface area contributed by atoms with Crippen LogP contribution in [0.15, 0.2) is 115 Å². The van der Waals surface area contributed by atoms with Gasteiger partial charge in [-0.05, 0) is 144 Å². The number of hydrogen-bond acceptors (Lipinski definition) is 35. The minimum absolute atomic E-state index is 0.0752. The van der Waals surface area contributed by atoms with Gasteiger partial charge in [0.1, 0.15) is 156 Å². The number of carbonyl (C=O) groups excluding carboxylic acids is 9. The molecule has 9 aliphatic heterocycles. The summed E-state index contributed by atoms with van der Waals surface area (Å²) in [4.78, 5) is 155. The lowest BCUT2D eigenvalue weighted by Gasteiger charge is -2.44. The summed E-state index contributed by atoms with van der Waals surface area (Å²) in [7, 11) is 0. The maximum atomic E-state index is 17.2. The number of rotatable bonds is 25. The van der Waals surface area contributed by atoms with Crippen LogP contribution < -0.4 is 83.0 Å². The average molecular weight is 2010 g/mol. The van der Waals surface area contributed by atoms with E-state index in [4.69, 9.17) is 77.3 Å². The molecule has 758 valence electrons. The Hall–Kier alpha value is -12.6. The molecule has 0 radical (unpaired) electrons. The molecule has 17 bridgehead atoms. The summed E-state index contributed by atoms with van der Waals surface area (Å²) in [5.74, 6) is -20.8. The second kappa shape index (κ2) is 45.1. The number of amides is 9. The molecular formula is C94H109Cl2N11O34. The highest BCUT2D eigenvalue weighted by atomic mass is 35.5. The Morgan fingerprint density at radius 1 is 0.496 bits per heavy atom. The molecule has 7 aromatic rings. The highest BCUT2D eigenvalue weighted by molar-refractivity contribution is 6.32. The average Bonchev–Trinajstić information content (AvgIpc) is 0.767. The number of phenolic OH excluding ortho intramolecular Hbond substituents is 4. The van der Waals surface area contributed by atoms with Crippen LogP contribution in [-0.4, -0.2) is 272 Å². The number of carboxylic acid groups (broad SMARTS) is 1. The Labute approximate surface area is 812 Å². The molecule has 0 aliphatic carbocycles. The molecule has 3 saturated heterocycles. The number of halogens is 2. The van der Waals surface area contributed by atoms with Gasteiger partial charge in [-0.1, -0.05) is 93.4 Å². The fourth-order valence-electron chi connectivity index (χ4n) is 17.5. The lowest BCUT2D eigenvalue weighted by atomic mass is 9.89. The van der Waals surface area contributed by atoms with E-state index in [9.17, 15) is 95.8 Å². The topological polar surface area (TPSA) is 718 Å². The van der Waals surface area contributed by atoms with Crippen LogP contribution in [0.2, 0.25) is 10.0 Å². The monoisotopic (exact) mass is 2010 g/mol. The normalized spacial score (nSPS) is 28.0. The molecule has 0 unspecified atom stereocenters. The van der Waals surface area contributed by atoms with E-state index in [2.05, 4.69) is 61.7 Å². The largest absolute Gasteiger partial charge is 0.508 e. The van der Waals surface area contributed by atoms with Crippen LogP contribution in [0.5, 0.6) is 69.0 Å². The third kappa shape index (κ3) is 23.6. The van der Waals surface area contributed by atoms with Crippen molar-refractivity contribution in [1.29, 1.82) is 0 Å². The molecule has 9 heterocycles. The maximum absolute atomic E-state index is 17.2. The zero-order chi connectivity index (χ0) is 102. The summed E-state index contributed by atoms with van der Waals surface area (Å²) < 4.78 is 57.8. The van der Waals surface area contributed by atoms with Gasteiger partial charge in [0.2, 0.25) is 71.5 Å². The molecule has 28 N–H and O–H groups in total. The van der Waals surface area contributed by atoms with Crippen LogP contribution in [0.3, 0.4) is 0 Å². The fourth-order valence-corrected chi connectivity index (χ4v) is 18.0. The van der Waals surface area contributed by atoms with Crippen LogP contribution in [0.25, 0.3) is 11.1 Å². The number of hydrogen-bond donors (Lipinski definition) is 26. The van der Waals surface area contributed by atoms with Crippen LogP contribution in [0, 0.1) is 5.92 Å². The molecule has 24 atom stereocenters. The zero-order valence-corrected chi connectivity index (χ0v) is 77.2. The number of phenols is 4. The summed E-state index contributed by atoms with van der Waals surface area (Å²) in [6, 6.07) is -1.54. The first-order valence-electron chi connectivity index (χ1n) is 45.3. The number of aliphatic carboxylic acids is 1. The number of ether oxygens (including phenoxy) is 9. The van der Waals surface area contributed by atoms with Gasteiger partial charge in [-0.15, -0.1) is 0 Å². The summed E-state index contributed by atoms with van der Waals surface area (Å²) in [6.07, 6.45) is -25.4. The first kappa shape index (κ1) is 104. The van der Waals surface area contributed by atoms with E-state index >= 15 is 28.8 Å². The lowest BCUT2D eigenvalue weighted by molar-refractivity contribution is -0.284. The minimum Gasteiger partial charge on any atom is -0.508 e. The number of nitrogens with one attached hydrogen (secondary N) is 9.